The topological polar surface area (TPSA) is 61.9 Å². The molecule has 2 fully saturated rings. The summed E-state index contributed by atoms with van der Waals surface area (Å²) in [5.41, 5.74) is 2.46. The number of carbonyl (C=O) groups is 2. The van der Waals surface area contributed by atoms with Gasteiger partial charge in [0.2, 0.25) is 11.8 Å². The van der Waals surface area contributed by atoms with Crippen molar-refractivity contribution >= 4 is 17.5 Å². The lowest BCUT2D eigenvalue weighted by Gasteiger charge is -2.40. The summed E-state index contributed by atoms with van der Waals surface area (Å²) in [5.74, 6) is -0.0236. The molecule has 2 aliphatic rings. The second-order valence-corrected chi connectivity index (χ2v) is 6.93. The molecule has 6 heteroatoms. The Hall–Kier alpha value is -2.08. The second-order valence-electron chi connectivity index (χ2n) is 6.93. The minimum absolute atomic E-state index is 0.00960. The van der Waals surface area contributed by atoms with Crippen molar-refractivity contribution in [2.24, 2.45) is 5.92 Å². The molecule has 2 saturated heterocycles. The largest absolute Gasteiger partial charge is 0.383 e. The van der Waals surface area contributed by atoms with Gasteiger partial charge in [0.15, 0.2) is 0 Å². The average molecular weight is 345 g/mol. The van der Waals surface area contributed by atoms with Crippen LogP contribution in [0.2, 0.25) is 0 Å². The van der Waals surface area contributed by atoms with Crippen LogP contribution in [0, 0.1) is 12.8 Å². The summed E-state index contributed by atoms with van der Waals surface area (Å²) < 4.78 is 5.19. The first-order valence-electron chi connectivity index (χ1n) is 8.97. The minimum Gasteiger partial charge on any atom is -0.383 e. The van der Waals surface area contributed by atoms with Crippen LogP contribution in [0.25, 0.3) is 0 Å². The van der Waals surface area contributed by atoms with Gasteiger partial charge in [-0.3, -0.25) is 9.59 Å². The number of ether oxygens (including phenoxy) is 1. The molecule has 2 atom stereocenters. The number of nitrogens with zero attached hydrogens (tertiary/aromatic N) is 2. The molecule has 0 aliphatic carbocycles. The highest BCUT2D eigenvalue weighted by Crippen LogP contribution is 2.23. The van der Waals surface area contributed by atoms with Crippen LogP contribution in [0.3, 0.4) is 0 Å². The zero-order valence-electron chi connectivity index (χ0n) is 15.0. The number of piperidine rings is 1. The Morgan fingerprint density at radius 3 is 2.72 bits per heavy atom. The first kappa shape index (κ1) is 17.7. The summed E-state index contributed by atoms with van der Waals surface area (Å²) >= 11 is 0. The normalized spacial score (nSPS) is 24.2. The number of carbonyl (C=O) groups excluding carboxylic acids is 2. The van der Waals surface area contributed by atoms with Gasteiger partial charge in [0.05, 0.1) is 18.6 Å². The van der Waals surface area contributed by atoms with E-state index in [4.69, 9.17) is 4.74 Å². The Morgan fingerprint density at radius 2 is 2.04 bits per heavy atom. The molecule has 0 radical (unpaired) electrons. The van der Waals surface area contributed by atoms with Crippen LogP contribution in [0.1, 0.15) is 18.4 Å². The number of aryl methyl sites for hydroxylation is 1. The van der Waals surface area contributed by atoms with Crippen LogP contribution >= 0.6 is 0 Å². The molecule has 0 saturated carbocycles. The monoisotopic (exact) mass is 345 g/mol. The van der Waals surface area contributed by atoms with Gasteiger partial charge in [-0.2, -0.15) is 0 Å². The number of piperazine rings is 1. The van der Waals surface area contributed by atoms with E-state index in [-0.39, 0.29) is 23.8 Å². The number of hydrogen-bond acceptors (Lipinski definition) is 4. The predicted molar refractivity (Wildman–Crippen MR) is 96.5 cm³/mol. The lowest BCUT2D eigenvalue weighted by molar-refractivity contribution is -0.140. The molecule has 1 aromatic carbocycles. The van der Waals surface area contributed by atoms with E-state index in [0.29, 0.717) is 19.4 Å². The fraction of sp³-hybridized carbons (Fsp3) is 0.579. The van der Waals surface area contributed by atoms with Crippen LogP contribution in [0.15, 0.2) is 24.3 Å². The molecule has 2 amide bonds. The third-order valence-corrected chi connectivity index (χ3v) is 5.14. The van der Waals surface area contributed by atoms with Crippen LogP contribution in [-0.4, -0.2) is 62.7 Å². The summed E-state index contributed by atoms with van der Waals surface area (Å²) in [6.45, 7) is 5.59. The van der Waals surface area contributed by atoms with Crippen molar-refractivity contribution in [2.75, 3.05) is 44.8 Å². The fourth-order valence-corrected chi connectivity index (χ4v) is 3.74. The predicted octanol–water partition coefficient (Wildman–Crippen LogP) is 1.18. The second kappa shape index (κ2) is 7.87. The average Bonchev–Trinajstić information content (AvgIpc) is 2.62. The van der Waals surface area contributed by atoms with Gasteiger partial charge in [-0.1, -0.05) is 12.1 Å². The SMILES string of the molecule is COC[C@H]1NC(=O)CC[C@H]1C(=O)N1CCN(c2cccc(C)c2)CC1. The first-order valence-corrected chi connectivity index (χ1v) is 8.97. The zero-order valence-corrected chi connectivity index (χ0v) is 15.0. The van der Waals surface area contributed by atoms with E-state index in [1.807, 2.05) is 4.90 Å². The Morgan fingerprint density at radius 1 is 1.28 bits per heavy atom. The van der Waals surface area contributed by atoms with Gasteiger partial charge < -0.3 is 19.9 Å². The molecule has 0 aromatic heterocycles. The third-order valence-electron chi connectivity index (χ3n) is 5.14. The van der Waals surface area contributed by atoms with Gasteiger partial charge in [-0.05, 0) is 31.0 Å². The molecule has 0 spiro atoms. The van der Waals surface area contributed by atoms with Crippen molar-refractivity contribution in [1.29, 1.82) is 0 Å². The van der Waals surface area contributed by atoms with E-state index in [2.05, 4.69) is 41.4 Å². The van der Waals surface area contributed by atoms with Crippen molar-refractivity contribution in [3.63, 3.8) is 0 Å². The maximum absolute atomic E-state index is 12.9. The third kappa shape index (κ3) is 4.12. The van der Waals surface area contributed by atoms with Gasteiger partial charge in [0.1, 0.15) is 0 Å². The first-order chi connectivity index (χ1) is 12.1. The summed E-state index contributed by atoms with van der Waals surface area (Å²) in [7, 11) is 1.60. The minimum atomic E-state index is -0.214. The molecule has 25 heavy (non-hydrogen) atoms. The number of anilines is 1. The molecule has 136 valence electrons. The van der Waals surface area contributed by atoms with Gasteiger partial charge in [0.25, 0.3) is 0 Å². The van der Waals surface area contributed by atoms with E-state index in [0.717, 1.165) is 26.2 Å². The van der Waals surface area contributed by atoms with Crippen molar-refractivity contribution in [3.05, 3.63) is 29.8 Å². The molecular formula is C19H27N3O3. The van der Waals surface area contributed by atoms with Gasteiger partial charge in [0, 0.05) is 45.4 Å². The Kier molecular flexibility index (Phi) is 5.58. The number of benzene rings is 1. The quantitative estimate of drug-likeness (QED) is 0.890. The zero-order chi connectivity index (χ0) is 17.8. The van der Waals surface area contributed by atoms with E-state index in [9.17, 15) is 9.59 Å². The van der Waals surface area contributed by atoms with Gasteiger partial charge in [-0.15, -0.1) is 0 Å². The van der Waals surface area contributed by atoms with Crippen LogP contribution in [0.4, 0.5) is 5.69 Å². The number of amides is 2. The van der Waals surface area contributed by atoms with Crippen LogP contribution in [-0.2, 0) is 14.3 Å². The molecule has 1 N–H and O–H groups in total. The summed E-state index contributed by atoms with van der Waals surface area (Å²) in [6.07, 6.45) is 1.02. The lowest BCUT2D eigenvalue weighted by atomic mass is 9.89. The van der Waals surface area contributed by atoms with Gasteiger partial charge >= 0.3 is 0 Å². The van der Waals surface area contributed by atoms with Crippen molar-refractivity contribution in [1.82, 2.24) is 10.2 Å². The van der Waals surface area contributed by atoms with E-state index in [1.54, 1.807) is 7.11 Å². The highest BCUT2D eigenvalue weighted by Gasteiger charge is 2.37. The van der Waals surface area contributed by atoms with Crippen molar-refractivity contribution in [3.8, 4) is 0 Å². The van der Waals surface area contributed by atoms with Crippen LogP contribution < -0.4 is 10.2 Å². The lowest BCUT2D eigenvalue weighted by Crippen LogP contribution is -2.56. The Bertz CT molecular complexity index is 626. The number of methoxy groups -OCH3 is 1. The highest BCUT2D eigenvalue weighted by molar-refractivity contribution is 5.84. The molecule has 2 heterocycles. The number of rotatable bonds is 4. The maximum atomic E-state index is 12.9. The van der Waals surface area contributed by atoms with Crippen molar-refractivity contribution < 1.29 is 14.3 Å². The van der Waals surface area contributed by atoms with Crippen molar-refractivity contribution in [2.45, 2.75) is 25.8 Å². The molecule has 0 unspecified atom stereocenters. The Balaban J connectivity index is 1.60. The van der Waals surface area contributed by atoms with Crippen LogP contribution in [0.5, 0.6) is 0 Å². The summed E-state index contributed by atoms with van der Waals surface area (Å²) in [4.78, 5) is 28.8. The molecule has 6 nitrogen and oxygen atoms in total. The molecular weight excluding hydrogens is 318 g/mol. The summed E-state index contributed by atoms with van der Waals surface area (Å²) in [5, 5.41) is 2.91. The standard InChI is InChI=1S/C19H27N3O3/c1-14-4-3-5-15(12-14)21-8-10-22(11-9-21)19(24)16-6-7-18(23)20-17(16)13-25-2/h3-5,12,16-17H,6-11,13H2,1-2H3,(H,20,23)/t16-,17-/m1/s1. The summed E-state index contributed by atoms with van der Waals surface area (Å²) in [6, 6.07) is 8.26. The Labute approximate surface area is 149 Å². The highest BCUT2D eigenvalue weighted by atomic mass is 16.5. The molecule has 0 bridgehead atoms. The maximum Gasteiger partial charge on any atom is 0.227 e. The number of nitrogens with one attached hydrogen (secondary N) is 1. The van der Waals surface area contributed by atoms with Gasteiger partial charge in [-0.25, -0.2) is 0 Å². The van der Waals surface area contributed by atoms with E-state index >= 15 is 0 Å². The molecule has 3 rings (SSSR count). The number of hydrogen-bond donors (Lipinski definition) is 1. The fourth-order valence-electron chi connectivity index (χ4n) is 3.74. The van der Waals surface area contributed by atoms with E-state index in [1.165, 1.54) is 11.3 Å². The molecule has 2 aliphatic heterocycles. The van der Waals surface area contributed by atoms with E-state index < -0.39 is 0 Å². The molecule has 1 aromatic rings. The smallest absolute Gasteiger partial charge is 0.227 e.